The number of carbonyl (C=O) groups excluding carboxylic acids is 1. The zero-order valence-electron chi connectivity index (χ0n) is 11.1. The highest BCUT2D eigenvalue weighted by atomic mass is 19.3. The Balaban J connectivity index is 2.02. The third-order valence-electron chi connectivity index (χ3n) is 2.63. The quantitative estimate of drug-likeness (QED) is 0.833. The Labute approximate surface area is 119 Å². The van der Waals surface area contributed by atoms with E-state index in [0.29, 0.717) is 11.3 Å². The number of benzene rings is 1. The van der Waals surface area contributed by atoms with Crippen LogP contribution in [0.5, 0.6) is 11.5 Å². The van der Waals surface area contributed by atoms with Crippen molar-refractivity contribution in [2.75, 3.05) is 7.11 Å². The lowest BCUT2D eigenvalue weighted by Crippen LogP contribution is -2.06. The number of hydrogen-bond donors (Lipinski definition) is 1. The molecule has 0 spiro atoms. The van der Waals surface area contributed by atoms with E-state index in [4.69, 9.17) is 9.47 Å². The van der Waals surface area contributed by atoms with Crippen LogP contribution in [0.2, 0.25) is 0 Å². The van der Waals surface area contributed by atoms with Gasteiger partial charge in [0.2, 0.25) is 0 Å². The summed E-state index contributed by atoms with van der Waals surface area (Å²) in [7, 11) is 1.34. The van der Waals surface area contributed by atoms with Crippen molar-refractivity contribution in [2.24, 2.45) is 0 Å². The Kier molecular flexibility index (Phi) is 4.76. The van der Waals surface area contributed by atoms with E-state index in [1.807, 2.05) is 0 Å². The maximum absolute atomic E-state index is 12.2. The van der Waals surface area contributed by atoms with E-state index in [0.717, 1.165) is 0 Å². The molecule has 1 aromatic carbocycles. The fourth-order valence-corrected chi connectivity index (χ4v) is 1.68. The number of nitrogens with one attached hydrogen (secondary N) is 1. The fraction of sp³-hybridized carbons (Fsp3) is 0.214. The lowest BCUT2D eigenvalue weighted by molar-refractivity contribution is -0.0512. The molecular formula is C14H13F2NO4. The Bertz CT molecular complexity index is 599. The van der Waals surface area contributed by atoms with Crippen molar-refractivity contribution in [3.8, 4) is 11.5 Å². The highest BCUT2D eigenvalue weighted by molar-refractivity contribution is 5.87. The average molecular weight is 297 g/mol. The summed E-state index contributed by atoms with van der Waals surface area (Å²) in [5.74, 6) is -0.442. The van der Waals surface area contributed by atoms with Gasteiger partial charge in [0.25, 0.3) is 0 Å². The molecule has 1 N–H and O–H groups in total. The summed E-state index contributed by atoms with van der Waals surface area (Å²) in [5, 5.41) is 0. The molecule has 112 valence electrons. The second-order valence-corrected chi connectivity index (χ2v) is 4.02. The minimum atomic E-state index is -2.93. The smallest absolute Gasteiger partial charge is 0.387 e. The van der Waals surface area contributed by atoms with Crippen molar-refractivity contribution in [3.05, 3.63) is 47.8 Å². The first kappa shape index (κ1) is 14.8. The van der Waals surface area contributed by atoms with Gasteiger partial charge >= 0.3 is 12.6 Å². The molecule has 7 heteroatoms. The first-order valence-electron chi connectivity index (χ1n) is 6.02. The molecule has 0 radical (unpaired) electrons. The van der Waals surface area contributed by atoms with Crippen LogP contribution in [0.1, 0.15) is 16.1 Å². The summed E-state index contributed by atoms with van der Waals surface area (Å²) in [4.78, 5) is 14.4. The van der Waals surface area contributed by atoms with Gasteiger partial charge in [-0.15, -0.1) is 0 Å². The maximum atomic E-state index is 12.2. The third-order valence-corrected chi connectivity index (χ3v) is 2.63. The van der Waals surface area contributed by atoms with Crippen molar-refractivity contribution in [1.29, 1.82) is 0 Å². The normalized spacial score (nSPS) is 10.5. The van der Waals surface area contributed by atoms with Gasteiger partial charge in [0, 0.05) is 6.20 Å². The van der Waals surface area contributed by atoms with Gasteiger partial charge in [0.15, 0.2) is 11.5 Å². The second kappa shape index (κ2) is 6.74. The standard InChI is InChI=1S/C14H13F2NO4/c1-19-12-7-9(4-5-11(12)21-14(15)16)8-20-13(18)10-3-2-6-17-10/h2-7,14,17H,8H2,1H3. The lowest BCUT2D eigenvalue weighted by Gasteiger charge is -2.11. The van der Waals surface area contributed by atoms with Gasteiger partial charge in [-0.3, -0.25) is 0 Å². The largest absolute Gasteiger partial charge is 0.493 e. The number of alkyl halides is 2. The Morgan fingerprint density at radius 2 is 2.10 bits per heavy atom. The first-order valence-corrected chi connectivity index (χ1v) is 6.02. The summed E-state index contributed by atoms with van der Waals surface area (Å²) in [6.07, 6.45) is 1.61. The van der Waals surface area contributed by atoms with Crippen LogP contribution in [0.3, 0.4) is 0 Å². The monoisotopic (exact) mass is 297 g/mol. The predicted octanol–water partition coefficient (Wildman–Crippen LogP) is 2.98. The van der Waals surface area contributed by atoms with E-state index in [1.165, 1.54) is 25.3 Å². The molecule has 0 unspecified atom stereocenters. The van der Waals surface area contributed by atoms with Crippen molar-refractivity contribution in [1.82, 2.24) is 4.98 Å². The van der Waals surface area contributed by atoms with E-state index in [-0.39, 0.29) is 18.1 Å². The number of halogens is 2. The molecule has 0 aliphatic heterocycles. The van der Waals surface area contributed by atoms with Crippen LogP contribution in [-0.2, 0) is 11.3 Å². The number of aromatic amines is 1. The molecule has 21 heavy (non-hydrogen) atoms. The summed E-state index contributed by atoms with van der Waals surface area (Å²) < 4.78 is 38.7. The van der Waals surface area contributed by atoms with Crippen molar-refractivity contribution >= 4 is 5.97 Å². The Morgan fingerprint density at radius 3 is 2.71 bits per heavy atom. The van der Waals surface area contributed by atoms with Crippen LogP contribution in [-0.4, -0.2) is 24.7 Å². The molecular weight excluding hydrogens is 284 g/mol. The van der Waals surface area contributed by atoms with Crippen molar-refractivity contribution in [2.45, 2.75) is 13.2 Å². The molecule has 2 aromatic rings. The maximum Gasteiger partial charge on any atom is 0.387 e. The summed E-state index contributed by atoms with van der Waals surface area (Å²) in [5.41, 5.74) is 0.924. The van der Waals surface area contributed by atoms with Gasteiger partial charge in [0.1, 0.15) is 12.3 Å². The van der Waals surface area contributed by atoms with Crippen molar-refractivity contribution < 1.29 is 27.8 Å². The predicted molar refractivity (Wildman–Crippen MR) is 69.5 cm³/mol. The number of ether oxygens (including phenoxy) is 3. The minimum absolute atomic E-state index is 0.0107. The van der Waals surface area contributed by atoms with Crippen molar-refractivity contribution in [3.63, 3.8) is 0 Å². The lowest BCUT2D eigenvalue weighted by atomic mass is 10.2. The van der Waals surface area contributed by atoms with E-state index < -0.39 is 12.6 Å². The summed E-state index contributed by atoms with van der Waals surface area (Å²) in [6.45, 7) is -2.95. The molecule has 2 rings (SSSR count). The van der Waals surface area contributed by atoms with Crippen LogP contribution < -0.4 is 9.47 Å². The molecule has 0 amide bonds. The molecule has 5 nitrogen and oxygen atoms in total. The molecule has 0 saturated heterocycles. The molecule has 1 aromatic heterocycles. The van der Waals surface area contributed by atoms with Crippen LogP contribution in [0, 0.1) is 0 Å². The molecule has 0 atom stereocenters. The number of rotatable bonds is 6. The molecule has 0 fully saturated rings. The van der Waals surface area contributed by atoms with Crippen LogP contribution >= 0.6 is 0 Å². The van der Waals surface area contributed by atoms with Gasteiger partial charge in [-0.2, -0.15) is 8.78 Å². The highest BCUT2D eigenvalue weighted by Gasteiger charge is 2.12. The van der Waals surface area contributed by atoms with Gasteiger partial charge in [-0.05, 0) is 29.8 Å². The Morgan fingerprint density at radius 1 is 1.29 bits per heavy atom. The van der Waals surface area contributed by atoms with E-state index in [9.17, 15) is 13.6 Å². The summed E-state index contributed by atoms with van der Waals surface area (Å²) >= 11 is 0. The number of hydrogen-bond acceptors (Lipinski definition) is 4. The first-order chi connectivity index (χ1) is 10.1. The molecule has 1 heterocycles. The van der Waals surface area contributed by atoms with Crippen LogP contribution in [0.25, 0.3) is 0 Å². The highest BCUT2D eigenvalue weighted by Crippen LogP contribution is 2.29. The van der Waals surface area contributed by atoms with Gasteiger partial charge < -0.3 is 19.2 Å². The van der Waals surface area contributed by atoms with E-state index in [1.54, 1.807) is 18.3 Å². The number of aromatic nitrogens is 1. The number of methoxy groups -OCH3 is 1. The Hall–Kier alpha value is -2.57. The SMILES string of the molecule is COc1cc(COC(=O)c2ccc[nH]2)ccc1OC(F)F. The molecule has 0 saturated carbocycles. The van der Waals surface area contributed by atoms with E-state index >= 15 is 0 Å². The molecule has 0 aliphatic rings. The fourth-order valence-electron chi connectivity index (χ4n) is 1.68. The average Bonchev–Trinajstić information content (AvgIpc) is 2.99. The topological polar surface area (TPSA) is 60.5 Å². The third kappa shape index (κ3) is 3.95. The summed E-state index contributed by atoms with van der Waals surface area (Å²) in [6, 6.07) is 7.59. The second-order valence-electron chi connectivity index (χ2n) is 4.02. The molecule has 0 bridgehead atoms. The van der Waals surface area contributed by atoms with Gasteiger partial charge in [-0.1, -0.05) is 6.07 Å². The number of H-pyrrole nitrogens is 1. The van der Waals surface area contributed by atoms with Crippen LogP contribution in [0.4, 0.5) is 8.78 Å². The number of carbonyl (C=O) groups is 1. The number of esters is 1. The van der Waals surface area contributed by atoms with Crippen LogP contribution in [0.15, 0.2) is 36.5 Å². The van der Waals surface area contributed by atoms with Gasteiger partial charge in [0.05, 0.1) is 7.11 Å². The molecule has 0 aliphatic carbocycles. The van der Waals surface area contributed by atoms with E-state index in [2.05, 4.69) is 9.72 Å². The minimum Gasteiger partial charge on any atom is -0.493 e. The zero-order valence-corrected chi connectivity index (χ0v) is 11.1. The zero-order chi connectivity index (χ0) is 15.2. The van der Waals surface area contributed by atoms with Gasteiger partial charge in [-0.25, -0.2) is 4.79 Å².